The summed E-state index contributed by atoms with van der Waals surface area (Å²) in [6, 6.07) is 0. The molecule has 1 N–H and O–H groups in total. The zero-order valence-electron chi connectivity index (χ0n) is 17.7. The number of hydrogen-bond acceptors (Lipinski definition) is 5. The van der Waals surface area contributed by atoms with Crippen molar-refractivity contribution >= 4 is 17.4 Å². The minimum atomic E-state index is -0.260. The average molecular weight is 380 g/mol. The molecular weight excluding hydrogens is 350 g/mol. The smallest absolute Gasteiger partial charge is 0.239 e. The zero-order chi connectivity index (χ0) is 20.5. The Morgan fingerprint density at radius 2 is 2.00 bits per heavy atom. The molecule has 1 aliphatic heterocycles. The van der Waals surface area contributed by atoms with E-state index in [1.54, 1.807) is 6.20 Å². The van der Waals surface area contributed by atoms with Gasteiger partial charge in [0.15, 0.2) is 5.82 Å². The van der Waals surface area contributed by atoms with Crippen molar-refractivity contribution in [3.05, 3.63) is 46.2 Å². The quantitative estimate of drug-likeness (QED) is 0.816. The second-order valence-corrected chi connectivity index (χ2v) is 8.53. The van der Waals surface area contributed by atoms with E-state index in [9.17, 15) is 4.79 Å². The summed E-state index contributed by atoms with van der Waals surface area (Å²) in [6.45, 7) is 10.2. The lowest BCUT2D eigenvalue weighted by Crippen LogP contribution is -2.45. The lowest BCUT2D eigenvalue weighted by atomic mass is 10.1. The van der Waals surface area contributed by atoms with E-state index in [1.807, 2.05) is 52.6 Å². The standard InChI is InChI=1S/C22H29N5O/c1-14-10-11-23-19(15(2)12-14)20-24-17-9-7-8-16(17)21(25-20)27(6)13-18(28)26-22(3,4)5/h10-11H,7-9,13H2,1-6H3,(H,26,28). The van der Waals surface area contributed by atoms with Gasteiger partial charge in [-0.2, -0.15) is 0 Å². The molecule has 1 aromatic heterocycles. The van der Waals surface area contributed by atoms with Crippen molar-refractivity contribution < 1.29 is 4.79 Å². The van der Waals surface area contributed by atoms with E-state index in [2.05, 4.69) is 16.0 Å². The van der Waals surface area contributed by atoms with Gasteiger partial charge in [0.05, 0.1) is 6.54 Å². The number of allylic oxidation sites excluding steroid dienone is 2. The molecule has 1 amide bonds. The van der Waals surface area contributed by atoms with E-state index in [-0.39, 0.29) is 18.0 Å². The van der Waals surface area contributed by atoms with Gasteiger partial charge < -0.3 is 10.2 Å². The third-order valence-corrected chi connectivity index (χ3v) is 4.65. The van der Waals surface area contributed by atoms with Crippen molar-refractivity contribution in [1.29, 1.82) is 0 Å². The monoisotopic (exact) mass is 379 g/mol. The maximum Gasteiger partial charge on any atom is 0.239 e. The molecular formula is C22H29N5O. The number of aryl methyl sites for hydroxylation is 1. The van der Waals surface area contributed by atoms with Crippen LogP contribution in [0.1, 0.15) is 58.1 Å². The second-order valence-electron chi connectivity index (χ2n) is 8.53. The highest BCUT2D eigenvalue weighted by atomic mass is 16.2. The molecule has 0 bridgehead atoms. The number of aromatic nitrogens is 2. The van der Waals surface area contributed by atoms with Crippen molar-refractivity contribution in [2.75, 3.05) is 18.5 Å². The van der Waals surface area contributed by atoms with Crippen molar-refractivity contribution in [3.8, 4) is 0 Å². The SMILES string of the molecule is CC1=C=C(C)C(c2nc3c(c(N(C)CC(=O)NC(C)(C)C)n2)CCC3)=NC=C1. The van der Waals surface area contributed by atoms with Crippen LogP contribution in [0, 0.1) is 0 Å². The Labute approximate surface area is 167 Å². The summed E-state index contributed by atoms with van der Waals surface area (Å²) in [7, 11) is 1.91. The lowest BCUT2D eigenvalue weighted by Gasteiger charge is -2.25. The van der Waals surface area contributed by atoms with Crippen LogP contribution >= 0.6 is 0 Å². The maximum atomic E-state index is 12.4. The fourth-order valence-corrected chi connectivity index (χ4v) is 3.52. The van der Waals surface area contributed by atoms with Crippen molar-refractivity contribution in [3.63, 3.8) is 0 Å². The first kappa shape index (κ1) is 20.0. The topological polar surface area (TPSA) is 70.5 Å². The number of anilines is 1. The van der Waals surface area contributed by atoms with Crippen molar-refractivity contribution in [1.82, 2.24) is 15.3 Å². The second kappa shape index (κ2) is 7.72. The molecule has 6 heteroatoms. The minimum absolute atomic E-state index is 0.0220. The molecule has 28 heavy (non-hydrogen) atoms. The number of nitrogens with one attached hydrogen (secondary N) is 1. The van der Waals surface area contributed by atoms with Crippen LogP contribution in [-0.4, -0.2) is 40.7 Å². The number of hydrogen-bond donors (Lipinski definition) is 1. The molecule has 6 nitrogen and oxygen atoms in total. The number of carbonyl (C=O) groups is 1. The molecule has 2 aliphatic rings. The maximum absolute atomic E-state index is 12.4. The van der Waals surface area contributed by atoms with E-state index in [1.165, 1.54) is 0 Å². The predicted octanol–water partition coefficient (Wildman–Crippen LogP) is 3.12. The van der Waals surface area contributed by atoms with Gasteiger partial charge in [-0.25, -0.2) is 9.97 Å². The molecule has 0 aromatic carbocycles. The van der Waals surface area contributed by atoms with Crippen molar-refractivity contribution in [2.24, 2.45) is 4.99 Å². The summed E-state index contributed by atoms with van der Waals surface area (Å²) >= 11 is 0. The fourth-order valence-electron chi connectivity index (χ4n) is 3.52. The Bertz CT molecular complexity index is 927. The van der Waals surface area contributed by atoms with Gasteiger partial charge >= 0.3 is 0 Å². The number of rotatable bonds is 4. The summed E-state index contributed by atoms with van der Waals surface area (Å²) in [5, 5.41) is 3.01. The van der Waals surface area contributed by atoms with E-state index < -0.39 is 0 Å². The van der Waals surface area contributed by atoms with E-state index in [4.69, 9.17) is 9.97 Å². The average Bonchev–Trinajstić information content (AvgIpc) is 2.97. The van der Waals surface area contributed by atoms with Crippen LogP contribution in [0.5, 0.6) is 0 Å². The summed E-state index contributed by atoms with van der Waals surface area (Å²) in [5.41, 5.74) is 7.94. The molecule has 0 saturated heterocycles. The third kappa shape index (κ3) is 4.57. The Kier molecular flexibility index (Phi) is 5.52. The van der Waals surface area contributed by atoms with Gasteiger partial charge in [-0.1, -0.05) is 0 Å². The Morgan fingerprint density at radius 3 is 2.71 bits per heavy atom. The Hall–Kier alpha value is -2.72. The molecule has 1 aromatic rings. The number of carbonyl (C=O) groups excluding carboxylic acids is 1. The highest BCUT2D eigenvalue weighted by Crippen LogP contribution is 2.29. The molecule has 2 heterocycles. The molecule has 0 saturated carbocycles. The molecule has 0 atom stereocenters. The van der Waals surface area contributed by atoms with Crippen LogP contribution in [0.4, 0.5) is 5.82 Å². The highest BCUT2D eigenvalue weighted by molar-refractivity contribution is 6.10. The van der Waals surface area contributed by atoms with Gasteiger partial charge in [0.1, 0.15) is 11.5 Å². The summed E-state index contributed by atoms with van der Waals surface area (Å²) < 4.78 is 0. The predicted molar refractivity (Wildman–Crippen MR) is 113 cm³/mol. The van der Waals surface area contributed by atoms with Gasteiger partial charge in [-0.15, -0.1) is 5.73 Å². The van der Waals surface area contributed by atoms with Crippen LogP contribution in [0.25, 0.3) is 0 Å². The van der Waals surface area contributed by atoms with Crippen LogP contribution < -0.4 is 10.2 Å². The van der Waals surface area contributed by atoms with Crippen LogP contribution in [0.3, 0.4) is 0 Å². The van der Waals surface area contributed by atoms with E-state index in [0.29, 0.717) is 5.82 Å². The van der Waals surface area contributed by atoms with Gasteiger partial charge in [0, 0.05) is 35.6 Å². The Morgan fingerprint density at radius 1 is 1.25 bits per heavy atom. The third-order valence-electron chi connectivity index (χ3n) is 4.65. The summed E-state index contributed by atoms with van der Waals surface area (Å²) in [4.78, 5) is 28.5. The van der Waals surface area contributed by atoms with Crippen LogP contribution in [0.2, 0.25) is 0 Å². The van der Waals surface area contributed by atoms with E-state index in [0.717, 1.165) is 53.2 Å². The lowest BCUT2D eigenvalue weighted by molar-refractivity contribution is -0.121. The highest BCUT2D eigenvalue weighted by Gasteiger charge is 2.25. The fraction of sp³-hybridized carbons (Fsp3) is 0.500. The number of nitrogens with zero attached hydrogens (tertiary/aromatic N) is 4. The largest absolute Gasteiger partial charge is 0.350 e. The van der Waals surface area contributed by atoms with Gasteiger partial charge in [-0.3, -0.25) is 9.79 Å². The van der Waals surface area contributed by atoms with E-state index >= 15 is 0 Å². The molecule has 0 fully saturated rings. The number of fused-ring (bicyclic) bond motifs is 1. The molecule has 3 rings (SSSR count). The van der Waals surface area contributed by atoms with Crippen LogP contribution in [-0.2, 0) is 17.6 Å². The summed E-state index contributed by atoms with van der Waals surface area (Å²) in [6.07, 6.45) is 6.62. The minimum Gasteiger partial charge on any atom is -0.350 e. The van der Waals surface area contributed by atoms with Gasteiger partial charge in [-0.05, 0) is 65.5 Å². The first-order valence-electron chi connectivity index (χ1n) is 9.75. The molecule has 148 valence electrons. The van der Waals surface area contributed by atoms with Crippen LogP contribution in [0.15, 0.2) is 34.1 Å². The Balaban J connectivity index is 1.97. The molecule has 0 unspecified atom stereocenters. The summed E-state index contributed by atoms with van der Waals surface area (Å²) in [5.74, 6) is 1.40. The van der Waals surface area contributed by atoms with Crippen molar-refractivity contribution in [2.45, 2.75) is 59.4 Å². The first-order valence-corrected chi connectivity index (χ1v) is 9.75. The molecule has 1 aliphatic carbocycles. The number of amides is 1. The normalized spacial score (nSPS) is 16.0. The van der Waals surface area contributed by atoms with Gasteiger partial charge in [0.25, 0.3) is 0 Å². The number of aliphatic imine (C=N–C) groups is 1. The van der Waals surface area contributed by atoms with Gasteiger partial charge in [0.2, 0.25) is 5.91 Å². The molecule has 0 spiro atoms. The molecule has 0 radical (unpaired) electrons. The zero-order valence-corrected chi connectivity index (χ0v) is 17.7. The number of likely N-dealkylation sites (N-methyl/N-ethyl adjacent to an activating group) is 1. The first-order chi connectivity index (χ1) is 13.1.